The minimum absolute atomic E-state index is 0.0423. The quantitative estimate of drug-likeness (QED) is 0.768. The molecule has 1 aromatic rings. The van der Waals surface area contributed by atoms with Crippen molar-refractivity contribution < 1.29 is 9.53 Å². The van der Waals surface area contributed by atoms with Crippen molar-refractivity contribution in [2.75, 3.05) is 6.61 Å². The molecule has 8 heteroatoms. The summed E-state index contributed by atoms with van der Waals surface area (Å²) in [4.78, 5) is 12.1. The van der Waals surface area contributed by atoms with Crippen molar-refractivity contribution in [1.29, 1.82) is 0 Å². The van der Waals surface area contributed by atoms with Gasteiger partial charge in [0, 0.05) is 32.2 Å². The molecule has 0 aromatic carbocycles. The molecule has 0 spiro atoms. The van der Waals surface area contributed by atoms with E-state index in [1.54, 1.807) is 0 Å². The molecule has 3 rings (SSSR count). The van der Waals surface area contributed by atoms with Crippen LogP contribution in [0.15, 0.2) is 10.2 Å². The highest BCUT2D eigenvalue weighted by atomic mass is 16.5. The molecule has 2 aliphatic heterocycles. The van der Waals surface area contributed by atoms with Gasteiger partial charge >= 0.3 is 0 Å². The molecular formula is C15H20N6O2. The van der Waals surface area contributed by atoms with Crippen LogP contribution in [0, 0.1) is 12.3 Å². The van der Waals surface area contributed by atoms with E-state index < -0.39 is 5.66 Å². The Labute approximate surface area is 134 Å². The van der Waals surface area contributed by atoms with E-state index in [0.717, 1.165) is 11.6 Å². The fourth-order valence-electron chi connectivity index (χ4n) is 2.70. The van der Waals surface area contributed by atoms with Gasteiger partial charge in [-0.05, 0) is 6.92 Å². The molecule has 0 aliphatic carbocycles. The van der Waals surface area contributed by atoms with E-state index in [-0.39, 0.29) is 11.9 Å². The third-order valence-electron chi connectivity index (χ3n) is 4.12. The van der Waals surface area contributed by atoms with Crippen LogP contribution in [0.25, 0.3) is 0 Å². The largest absolute Gasteiger partial charge is 0.372 e. The Morgan fingerprint density at radius 1 is 1.48 bits per heavy atom. The smallest absolute Gasteiger partial charge is 0.220 e. The van der Waals surface area contributed by atoms with E-state index in [2.05, 4.69) is 31.7 Å². The first-order chi connectivity index (χ1) is 11.1. The molecule has 0 radical (unpaired) electrons. The number of ether oxygens (including phenoxy) is 1. The molecule has 1 N–H and O–H groups in total. The van der Waals surface area contributed by atoms with Crippen molar-refractivity contribution in [3.63, 3.8) is 0 Å². The second-order valence-electron chi connectivity index (χ2n) is 5.85. The van der Waals surface area contributed by atoms with Crippen molar-refractivity contribution in [2.45, 2.75) is 57.5 Å². The SMILES string of the molecule is C#CCCC1(CCC(=O)NC(C)c2nnc3n2CCOC3)N=N1. The molecule has 0 fully saturated rings. The molecule has 23 heavy (non-hydrogen) atoms. The van der Waals surface area contributed by atoms with Gasteiger partial charge in [0.2, 0.25) is 5.91 Å². The lowest BCUT2D eigenvalue weighted by Gasteiger charge is -2.19. The maximum Gasteiger partial charge on any atom is 0.220 e. The Kier molecular flexibility index (Phi) is 4.39. The molecule has 3 heterocycles. The fraction of sp³-hybridized carbons (Fsp3) is 0.667. The second-order valence-corrected chi connectivity index (χ2v) is 5.85. The Hall–Kier alpha value is -2.27. The molecule has 1 unspecified atom stereocenters. The van der Waals surface area contributed by atoms with E-state index in [0.29, 0.717) is 45.4 Å². The number of terminal acetylenes is 1. The van der Waals surface area contributed by atoms with Crippen LogP contribution < -0.4 is 5.32 Å². The Morgan fingerprint density at radius 2 is 2.30 bits per heavy atom. The van der Waals surface area contributed by atoms with Crippen molar-refractivity contribution in [1.82, 2.24) is 20.1 Å². The number of nitrogens with zero attached hydrogens (tertiary/aromatic N) is 5. The minimum atomic E-state index is -0.418. The summed E-state index contributed by atoms with van der Waals surface area (Å²) in [6.07, 6.45) is 7.56. The van der Waals surface area contributed by atoms with Crippen LogP contribution in [0.2, 0.25) is 0 Å². The number of carbonyl (C=O) groups excluding carboxylic acids is 1. The first-order valence-electron chi connectivity index (χ1n) is 7.80. The van der Waals surface area contributed by atoms with Crippen molar-refractivity contribution >= 4 is 5.91 Å². The van der Waals surface area contributed by atoms with Crippen LogP contribution in [0.1, 0.15) is 50.3 Å². The highest BCUT2D eigenvalue weighted by Gasteiger charge is 2.39. The van der Waals surface area contributed by atoms with Gasteiger partial charge in [0.05, 0.1) is 12.6 Å². The minimum Gasteiger partial charge on any atom is -0.372 e. The summed E-state index contributed by atoms with van der Waals surface area (Å²) in [5.41, 5.74) is -0.418. The highest BCUT2D eigenvalue weighted by molar-refractivity contribution is 5.76. The zero-order chi connectivity index (χ0) is 16.3. The zero-order valence-corrected chi connectivity index (χ0v) is 13.2. The van der Waals surface area contributed by atoms with E-state index in [9.17, 15) is 4.79 Å². The summed E-state index contributed by atoms with van der Waals surface area (Å²) in [6.45, 7) is 3.73. The maximum atomic E-state index is 12.1. The lowest BCUT2D eigenvalue weighted by molar-refractivity contribution is -0.122. The average molecular weight is 316 g/mol. The van der Waals surface area contributed by atoms with Gasteiger partial charge in [-0.1, -0.05) is 0 Å². The molecule has 122 valence electrons. The second kappa shape index (κ2) is 6.46. The standard InChI is InChI=1S/C15H20N6O2/c1-3-4-6-15(19-20-15)7-5-13(22)16-11(2)14-18-17-12-10-23-9-8-21(12)14/h1,11H,4-10H2,2H3,(H,16,22). The summed E-state index contributed by atoms with van der Waals surface area (Å²) in [7, 11) is 0. The Bertz CT molecular complexity index is 653. The van der Waals surface area contributed by atoms with Gasteiger partial charge in [0.25, 0.3) is 0 Å². The molecule has 1 atom stereocenters. The van der Waals surface area contributed by atoms with Crippen LogP contribution in [0.5, 0.6) is 0 Å². The van der Waals surface area contributed by atoms with Crippen LogP contribution in [-0.2, 0) is 22.7 Å². The first kappa shape index (κ1) is 15.6. The van der Waals surface area contributed by atoms with Gasteiger partial charge in [-0.15, -0.1) is 22.5 Å². The third-order valence-corrected chi connectivity index (χ3v) is 4.12. The predicted molar refractivity (Wildman–Crippen MR) is 81.1 cm³/mol. The lowest BCUT2D eigenvalue weighted by Crippen LogP contribution is -2.31. The van der Waals surface area contributed by atoms with E-state index in [1.807, 2.05) is 11.5 Å². The van der Waals surface area contributed by atoms with Gasteiger partial charge in [0.1, 0.15) is 6.61 Å². The molecule has 0 saturated carbocycles. The van der Waals surface area contributed by atoms with Gasteiger partial charge in [-0.25, -0.2) is 0 Å². The summed E-state index contributed by atoms with van der Waals surface area (Å²) < 4.78 is 7.35. The lowest BCUT2D eigenvalue weighted by atomic mass is 10.0. The van der Waals surface area contributed by atoms with Gasteiger partial charge in [0.15, 0.2) is 17.3 Å². The Morgan fingerprint density at radius 3 is 3.04 bits per heavy atom. The normalized spacial score (nSPS) is 18.8. The number of fused-ring (bicyclic) bond motifs is 1. The van der Waals surface area contributed by atoms with Crippen LogP contribution in [0.3, 0.4) is 0 Å². The molecule has 8 nitrogen and oxygen atoms in total. The number of hydrogen-bond donors (Lipinski definition) is 1. The van der Waals surface area contributed by atoms with Crippen molar-refractivity contribution in [3.05, 3.63) is 11.6 Å². The summed E-state index contributed by atoms with van der Waals surface area (Å²) in [6, 6.07) is -0.198. The molecule has 1 amide bonds. The summed E-state index contributed by atoms with van der Waals surface area (Å²) in [5.74, 6) is 4.11. The van der Waals surface area contributed by atoms with Gasteiger partial charge in [-0.2, -0.15) is 10.2 Å². The number of rotatable bonds is 7. The van der Waals surface area contributed by atoms with Crippen LogP contribution >= 0.6 is 0 Å². The van der Waals surface area contributed by atoms with E-state index in [1.165, 1.54) is 0 Å². The van der Waals surface area contributed by atoms with E-state index >= 15 is 0 Å². The van der Waals surface area contributed by atoms with Crippen LogP contribution in [-0.4, -0.2) is 32.9 Å². The number of amides is 1. The highest BCUT2D eigenvalue weighted by Crippen LogP contribution is 2.37. The molecule has 0 saturated heterocycles. The topological polar surface area (TPSA) is 93.8 Å². The fourth-order valence-corrected chi connectivity index (χ4v) is 2.70. The van der Waals surface area contributed by atoms with E-state index in [4.69, 9.17) is 11.2 Å². The average Bonchev–Trinajstić information content (AvgIpc) is 3.20. The molecule has 0 bridgehead atoms. The third kappa shape index (κ3) is 3.56. The summed E-state index contributed by atoms with van der Waals surface area (Å²) in [5, 5.41) is 19.3. The number of aromatic nitrogens is 3. The predicted octanol–water partition coefficient (Wildman–Crippen LogP) is 1.34. The zero-order valence-electron chi connectivity index (χ0n) is 13.2. The number of nitrogens with one attached hydrogen (secondary N) is 1. The monoisotopic (exact) mass is 316 g/mol. The van der Waals surface area contributed by atoms with Crippen molar-refractivity contribution in [3.8, 4) is 12.3 Å². The van der Waals surface area contributed by atoms with Gasteiger partial charge in [-0.3, -0.25) is 4.79 Å². The van der Waals surface area contributed by atoms with Crippen molar-refractivity contribution in [2.24, 2.45) is 10.2 Å². The first-order valence-corrected chi connectivity index (χ1v) is 7.80. The number of hydrogen-bond acceptors (Lipinski definition) is 6. The maximum absolute atomic E-state index is 12.1. The van der Waals surface area contributed by atoms with Gasteiger partial charge < -0.3 is 14.6 Å². The Balaban J connectivity index is 1.50. The molecular weight excluding hydrogens is 296 g/mol. The van der Waals surface area contributed by atoms with Crippen LogP contribution in [0.4, 0.5) is 0 Å². The molecule has 1 aromatic heterocycles. The number of carbonyl (C=O) groups is 1. The molecule has 2 aliphatic rings. The summed E-state index contributed by atoms with van der Waals surface area (Å²) >= 11 is 0.